The van der Waals surface area contributed by atoms with Crippen molar-refractivity contribution >= 4 is 17.9 Å². The van der Waals surface area contributed by atoms with Crippen LogP contribution in [-0.2, 0) is 33.3 Å². The van der Waals surface area contributed by atoms with E-state index in [0.29, 0.717) is 0 Å². The predicted octanol–water partition coefficient (Wildman–Crippen LogP) is -1.20. The van der Waals surface area contributed by atoms with Crippen molar-refractivity contribution in [3.8, 4) is 0 Å². The number of carbonyl (C=O) groups is 3. The smallest absolute Gasteiger partial charge is 0.320 e. The van der Waals surface area contributed by atoms with Crippen LogP contribution in [-0.4, -0.2) is 47.1 Å². The molecule has 132 valence electrons. The zero-order valence-electron chi connectivity index (χ0n) is 13.5. The molecule has 24 heavy (non-hydrogen) atoms. The molecule has 0 aliphatic carbocycles. The minimum atomic E-state index is -1.35. The first-order valence-corrected chi connectivity index (χ1v) is 7.18. The van der Waals surface area contributed by atoms with Gasteiger partial charge in [0.2, 0.25) is 6.29 Å². The van der Waals surface area contributed by atoms with Crippen molar-refractivity contribution in [1.29, 1.82) is 0 Å². The fourth-order valence-corrected chi connectivity index (χ4v) is 2.64. The molecule has 0 spiro atoms. The van der Waals surface area contributed by atoms with Gasteiger partial charge in [0, 0.05) is 20.8 Å². The predicted molar refractivity (Wildman–Crippen MR) is 75.6 cm³/mol. The van der Waals surface area contributed by atoms with E-state index in [4.69, 9.17) is 18.9 Å². The van der Waals surface area contributed by atoms with Crippen LogP contribution in [0.25, 0.3) is 0 Å². The Morgan fingerprint density at radius 2 is 1.33 bits per heavy atom. The van der Waals surface area contributed by atoms with Crippen LogP contribution in [0.1, 0.15) is 33.7 Å². The van der Waals surface area contributed by atoms with Gasteiger partial charge >= 0.3 is 29.0 Å². The zero-order chi connectivity index (χ0) is 18.2. The van der Waals surface area contributed by atoms with Crippen LogP contribution in [0.15, 0.2) is 9.59 Å². The van der Waals surface area contributed by atoms with Gasteiger partial charge in [0.05, 0.1) is 6.10 Å². The zero-order valence-corrected chi connectivity index (χ0v) is 13.5. The van der Waals surface area contributed by atoms with Gasteiger partial charge in [-0.15, -0.1) is 0 Å². The molecular formula is C14H17NO9. The lowest BCUT2D eigenvalue weighted by molar-refractivity contribution is -0.275. The van der Waals surface area contributed by atoms with Gasteiger partial charge in [-0.3, -0.25) is 28.5 Å². The molecule has 1 aliphatic heterocycles. The number of rotatable bonds is 4. The molecule has 2 rings (SSSR count). The summed E-state index contributed by atoms with van der Waals surface area (Å²) >= 11 is 0. The third-order valence-corrected chi connectivity index (χ3v) is 3.51. The Hall–Kier alpha value is -2.49. The second kappa shape index (κ2) is 6.56. The average molecular weight is 343 g/mol. The lowest BCUT2D eigenvalue weighted by atomic mass is 9.96. The third-order valence-electron chi connectivity index (χ3n) is 3.51. The van der Waals surface area contributed by atoms with E-state index >= 15 is 0 Å². The van der Waals surface area contributed by atoms with Gasteiger partial charge in [0.15, 0.2) is 12.2 Å². The Morgan fingerprint density at radius 1 is 0.875 bits per heavy atom. The van der Waals surface area contributed by atoms with Gasteiger partial charge in [-0.1, -0.05) is 0 Å². The minimum Gasteiger partial charge on any atom is -0.457 e. The number of esters is 3. The number of nitrogens with zero attached hydrogens (tertiary/aromatic N) is 1. The van der Waals surface area contributed by atoms with Crippen LogP contribution in [0.2, 0.25) is 0 Å². The maximum Gasteiger partial charge on any atom is 0.320 e. The van der Waals surface area contributed by atoms with E-state index in [9.17, 15) is 24.0 Å². The monoisotopic (exact) mass is 343 g/mol. The Balaban J connectivity index is 2.45. The molecule has 0 radical (unpaired) electrons. The third kappa shape index (κ3) is 3.53. The molecule has 0 aromatic carbocycles. The van der Waals surface area contributed by atoms with Crippen molar-refractivity contribution in [1.82, 2.24) is 4.57 Å². The van der Waals surface area contributed by atoms with Crippen LogP contribution in [0.4, 0.5) is 0 Å². The van der Waals surface area contributed by atoms with Crippen LogP contribution in [0.3, 0.4) is 0 Å². The highest BCUT2D eigenvalue weighted by atomic mass is 16.7. The molecule has 1 aromatic rings. The molecule has 5 atom stereocenters. The highest BCUT2D eigenvalue weighted by Gasteiger charge is 2.53. The highest BCUT2D eigenvalue weighted by Crippen LogP contribution is 2.34. The maximum atomic E-state index is 11.6. The maximum absolute atomic E-state index is 11.6. The first-order valence-electron chi connectivity index (χ1n) is 7.18. The molecule has 0 bridgehead atoms. The second-order valence-electron chi connectivity index (χ2n) is 5.44. The molecule has 0 N–H and O–H groups in total. The summed E-state index contributed by atoms with van der Waals surface area (Å²) in [6, 6.07) is -1.15. The quantitative estimate of drug-likeness (QED) is 0.376. The molecule has 10 nitrogen and oxygen atoms in total. The van der Waals surface area contributed by atoms with Crippen LogP contribution < -0.4 is 11.1 Å². The Bertz CT molecular complexity index is 703. The van der Waals surface area contributed by atoms with Crippen LogP contribution in [0.5, 0.6) is 0 Å². The van der Waals surface area contributed by atoms with Gasteiger partial charge in [0.1, 0.15) is 6.04 Å². The first-order chi connectivity index (χ1) is 11.1. The van der Waals surface area contributed by atoms with Gasteiger partial charge in [0.25, 0.3) is 0 Å². The van der Waals surface area contributed by atoms with Crippen LogP contribution >= 0.6 is 0 Å². The van der Waals surface area contributed by atoms with Crippen molar-refractivity contribution in [2.45, 2.75) is 58.3 Å². The van der Waals surface area contributed by atoms with E-state index in [-0.39, 0.29) is 0 Å². The summed E-state index contributed by atoms with van der Waals surface area (Å²) in [4.78, 5) is 57.1. The van der Waals surface area contributed by atoms with Crippen molar-refractivity contribution in [2.75, 3.05) is 0 Å². The molecule has 1 aromatic heterocycles. The Morgan fingerprint density at radius 3 is 1.75 bits per heavy atom. The molecule has 1 fully saturated rings. The summed E-state index contributed by atoms with van der Waals surface area (Å²) in [5.41, 5.74) is -1.63. The summed E-state index contributed by atoms with van der Waals surface area (Å²) < 4.78 is 21.5. The van der Waals surface area contributed by atoms with Gasteiger partial charge in [-0.25, -0.2) is 0 Å². The Labute approximate surface area is 135 Å². The first kappa shape index (κ1) is 17.9. The second-order valence-corrected chi connectivity index (χ2v) is 5.44. The SMILES string of the molecule is CC(=O)O[C@H]1O[C@@H](C)[C@H](OC(C)=O)[C@@H](n2c(=O)c2=O)[C@@H]1OC(C)=O. The van der Waals surface area contributed by atoms with E-state index in [0.717, 1.165) is 25.3 Å². The molecule has 2 heterocycles. The fourth-order valence-electron chi connectivity index (χ4n) is 2.64. The number of aromatic nitrogens is 1. The lowest BCUT2D eigenvalue weighted by Gasteiger charge is -2.42. The molecular weight excluding hydrogens is 326 g/mol. The van der Waals surface area contributed by atoms with Gasteiger partial charge < -0.3 is 18.9 Å². The lowest BCUT2D eigenvalue weighted by Crippen LogP contribution is -2.57. The molecule has 1 aliphatic rings. The van der Waals surface area contributed by atoms with Crippen LogP contribution in [0, 0.1) is 0 Å². The van der Waals surface area contributed by atoms with E-state index in [1.54, 1.807) is 0 Å². The molecule has 1 saturated heterocycles. The van der Waals surface area contributed by atoms with Crippen molar-refractivity contribution in [2.24, 2.45) is 0 Å². The van der Waals surface area contributed by atoms with Crippen molar-refractivity contribution in [3.05, 3.63) is 20.7 Å². The van der Waals surface area contributed by atoms with Crippen molar-refractivity contribution in [3.63, 3.8) is 0 Å². The molecule has 0 unspecified atom stereocenters. The Kier molecular flexibility index (Phi) is 4.88. The minimum absolute atomic E-state index is 0.672. The number of ether oxygens (including phenoxy) is 4. The topological polar surface area (TPSA) is 127 Å². The standard InChI is InChI=1S/C14H17NO9/c1-5-10(22-6(2)16)9(15-12(19)13(15)20)11(23-7(3)17)14(21-5)24-8(4)18/h5,9-11,14H,1-4H3/t5-,9+,10-,11-,14+/m0/s1. The molecule has 0 saturated carbocycles. The molecule has 0 amide bonds. The summed E-state index contributed by atoms with van der Waals surface area (Å²) in [5, 5.41) is 0. The van der Waals surface area contributed by atoms with E-state index in [1.165, 1.54) is 6.92 Å². The fraction of sp³-hybridized carbons (Fsp3) is 0.643. The van der Waals surface area contributed by atoms with E-state index in [1.807, 2.05) is 0 Å². The summed E-state index contributed by atoms with van der Waals surface area (Å²) in [6.07, 6.45) is -4.56. The average Bonchev–Trinajstić information content (AvgIpc) is 3.01. The van der Waals surface area contributed by atoms with Crippen molar-refractivity contribution < 1.29 is 33.3 Å². The van der Waals surface area contributed by atoms with Gasteiger partial charge in [-0.2, -0.15) is 0 Å². The number of hydrogen-bond donors (Lipinski definition) is 0. The summed E-state index contributed by atoms with van der Waals surface area (Å²) in [7, 11) is 0. The normalized spacial score (nSPS) is 29.9. The number of hydrogen-bond acceptors (Lipinski definition) is 9. The summed E-state index contributed by atoms with van der Waals surface area (Å²) in [6.45, 7) is 4.89. The van der Waals surface area contributed by atoms with Gasteiger partial charge in [-0.05, 0) is 6.92 Å². The molecule has 10 heteroatoms. The van der Waals surface area contributed by atoms with E-state index < -0.39 is 59.7 Å². The largest absolute Gasteiger partial charge is 0.457 e. The van der Waals surface area contributed by atoms with E-state index in [2.05, 4.69) is 0 Å². The highest BCUT2D eigenvalue weighted by molar-refractivity contribution is 5.68. The summed E-state index contributed by atoms with van der Waals surface area (Å²) in [5.74, 6) is -2.13. The number of carbonyl (C=O) groups excluding carboxylic acids is 3.